The smallest absolute Gasteiger partial charge is 0.147 e. The first-order valence-electron chi connectivity index (χ1n) is 6.67. The summed E-state index contributed by atoms with van der Waals surface area (Å²) in [4.78, 5) is 0. The molecule has 1 N–H and O–H groups in total. The fourth-order valence-electron chi connectivity index (χ4n) is 1.91. The number of benzene rings is 1. The number of halogens is 1. The molecular weight excluding hydrogens is 293 g/mol. The third kappa shape index (κ3) is 5.32. The Bertz CT molecular complexity index is 677. The molecule has 4 nitrogen and oxygen atoms in total. The lowest BCUT2D eigenvalue weighted by atomic mass is 10.2. The zero-order chi connectivity index (χ0) is 15.3. The average Bonchev–Trinajstić information content (AvgIpc) is 2.87. The van der Waals surface area contributed by atoms with Gasteiger partial charge in [0.05, 0.1) is 12.3 Å². The number of sulfone groups is 1. The topological polar surface area (TPSA) is 59.3 Å². The van der Waals surface area contributed by atoms with E-state index in [0.29, 0.717) is 25.3 Å². The van der Waals surface area contributed by atoms with Gasteiger partial charge in [-0.3, -0.25) is 0 Å². The maximum atomic E-state index is 12.8. The molecule has 1 aromatic heterocycles. The molecule has 0 bridgehead atoms. The van der Waals surface area contributed by atoms with E-state index in [1.54, 1.807) is 12.1 Å². The van der Waals surface area contributed by atoms with Crippen LogP contribution in [0.5, 0.6) is 0 Å². The molecule has 21 heavy (non-hydrogen) atoms. The summed E-state index contributed by atoms with van der Waals surface area (Å²) in [5.41, 5.74) is 0.819. The van der Waals surface area contributed by atoms with Crippen molar-refractivity contribution < 1.29 is 17.2 Å². The van der Waals surface area contributed by atoms with Gasteiger partial charge in [-0.2, -0.15) is 0 Å². The number of hydrogen-bond donors (Lipinski definition) is 1. The Morgan fingerprint density at radius 2 is 1.86 bits per heavy atom. The normalized spacial score (nSPS) is 11.7. The Hall–Kier alpha value is -1.66. The van der Waals surface area contributed by atoms with Crippen LogP contribution in [0.3, 0.4) is 0 Å². The molecule has 0 radical (unpaired) electrons. The van der Waals surface area contributed by atoms with E-state index in [9.17, 15) is 12.8 Å². The molecule has 2 aromatic rings. The van der Waals surface area contributed by atoms with Crippen molar-refractivity contribution in [2.45, 2.75) is 13.0 Å². The van der Waals surface area contributed by atoms with E-state index < -0.39 is 9.84 Å². The van der Waals surface area contributed by atoms with Gasteiger partial charge >= 0.3 is 0 Å². The Balaban J connectivity index is 1.82. The van der Waals surface area contributed by atoms with Gasteiger partial charge in [0.15, 0.2) is 0 Å². The van der Waals surface area contributed by atoms with Crippen molar-refractivity contribution in [3.05, 3.63) is 48.0 Å². The van der Waals surface area contributed by atoms with Crippen LogP contribution in [0.4, 0.5) is 4.39 Å². The Morgan fingerprint density at radius 3 is 2.52 bits per heavy atom. The molecular formula is C15H18FNO3S. The van der Waals surface area contributed by atoms with Crippen molar-refractivity contribution in [3.8, 4) is 11.3 Å². The zero-order valence-electron chi connectivity index (χ0n) is 11.8. The molecule has 0 aliphatic rings. The van der Waals surface area contributed by atoms with Crippen molar-refractivity contribution in [1.29, 1.82) is 0 Å². The zero-order valence-corrected chi connectivity index (χ0v) is 12.6. The molecule has 0 atom stereocenters. The van der Waals surface area contributed by atoms with Crippen LogP contribution in [0, 0.1) is 5.82 Å². The Labute approximate surface area is 123 Å². The van der Waals surface area contributed by atoms with E-state index in [0.717, 1.165) is 11.3 Å². The molecule has 0 amide bonds. The van der Waals surface area contributed by atoms with Crippen LogP contribution < -0.4 is 5.32 Å². The first kappa shape index (κ1) is 15.7. The minimum atomic E-state index is -2.90. The fraction of sp³-hybridized carbons (Fsp3) is 0.333. The fourth-order valence-corrected chi connectivity index (χ4v) is 2.58. The van der Waals surface area contributed by atoms with Crippen molar-refractivity contribution in [1.82, 2.24) is 5.32 Å². The van der Waals surface area contributed by atoms with Crippen LogP contribution in [-0.4, -0.2) is 27.0 Å². The summed E-state index contributed by atoms with van der Waals surface area (Å²) in [5.74, 6) is 1.34. The number of nitrogens with one attached hydrogen (secondary N) is 1. The molecule has 1 aromatic carbocycles. The molecule has 0 aliphatic carbocycles. The van der Waals surface area contributed by atoms with Crippen LogP contribution in [0.15, 0.2) is 40.8 Å². The van der Waals surface area contributed by atoms with E-state index in [4.69, 9.17) is 4.42 Å². The van der Waals surface area contributed by atoms with Crippen molar-refractivity contribution in [2.75, 3.05) is 18.6 Å². The second kappa shape index (κ2) is 6.87. The lowest BCUT2D eigenvalue weighted by Gasteiger charge is -2.02. The molecule has 0 saturated heterocycles. The summed E-state index contributed by atoms with van der Waals surface area (Å²) in [5, 5.41) is 3.13. The minimum absolute atomic E-state index is 0.180. The van der Waals surface area contributed by atoms with Crippen LogP contribution in [-0.2, 0) is 16.4 Å². The quantitative estimate of drug-likeness (QED) is 0.799. The average molecular weight is 311 g/mol. The lowest BCUT2D eigenvalue weighted by Crippen LogP contribution is -2.17. The summed E-state index contributed by atoms with van der Waals surface area (Å²) >= 11 is 0. The van der Waals surface area contributed by atoms with E-state index in [-0.39, 0.29) is 11.6 Å². The number of hydrogen-bond acceptors (Lipinski definition) is 4. The van der Waals surface area contributed by atoms with Crippen LogP contribution >= 0.6 is 0 Å². The van der Waals surface area contributed by atoms with E-state index >= 15 is 0 Å². The predicted molar refractivity (Wildman–Crippen MR) is 80.1 cm³/mol. The standard InChI is InChI=1S/C15H18FNO3S/c1-21(18,19)10-2-9-17-11-14-7-8-15(20-14)12-3-5-13(16)6-4-12/h3-8,17H,2,9-11H2,1H3. The van der Waals surface area contributed by atoms with Crippen LogP contribution in [0.25, 0.3) is 11.3 Å². The summed E-state index contributed by atoms with van der Waals surface area (Å²) in [7, 11) is -2.90. The van der Waals surface area contributed by atoms with E-state index in [1.807, 2.05) is 12.1 Å². The lowest BCUT2D eigenvalue weighted by molar-refractivity contribution is 0.493. The summed E-state index contributed by atoms with van der Waals surface area (Å²) < 4.78 is 40.5. The highest BCUT2D eigenvalue weighted by Gasteiger charge is 2.05. The van der Waals surface area contributed by atoms with Crippen molar-refractivity contribution in [3.63, 3.8) is 0 Å². The monoisotopic (exact) mass is 311 g/mol. The predicted octanol–water partition coefficient (Wildman–Crippen LogP) is 2.61. The van der Waals surface area contributed by atoms with Gasteiger partial charge in [-0.15, -0.1) is 0 Å². The third-order valence-electron chi connectivity index (χ3n) is 2.96. The first-order chi connectivity index (χ1) is 9.94. The summed E-state index contributed by atoms with van der Waals surface area (Å²) in [6.45, 7) is 1.14. The third-order valence-corrected chi connectivity index (χ3v) is 3.99. The van der Waals surface area contributed by atoms with Gasteiger partial charge in [-0.25, -0.2) is 12.8 Å². The van der Waals surface area contributed by atoms with Gasteiger partial charge in [0.25, 0.3) is 0 Å². The van der Waals surface area contributed by atoms with Gasteiger partial charge in [-0.1, -0.05) is 0 Å². The second-order valence-electron chi connectivity index (χ2n) is 4.93. The van der Waals surface area contributed by atoms with Crippen molar-refractivity contribution in [2.24, 2.45) is 0 Å². The van der Waals surface area contributed by atoms with Crippen molar-refractivity contribution >= 4 is 9.84 Å². The number of furan rings is 1. The van der Waals surface area contributed by atoms with E-state index in [1.165, 1.54) is 18.4 Å². The molecule has 0 fully saturated rings. The maximum Gasteiger partial charge on any atom is 0.147 e. The molecule has 0 saturated carbocycles. The SMILES string of the molecule is CS(=O)(=O)CCCNCc1ccc(-c2ccc(F)cc2)o1. The highest BCUT2D eigenvalue weighted by molar-refractivity contribution is 7.90. The van der Waals surface area contributed by atoms with Gasteiger partial charge in [0.2, 0.25) is 0 Å². The highest BCUT2D eigenvalue weighted by atomic mass is 32.2. The molecule has 0 unspecified atom stereocenters. The molecule has 1 heterocycles. The highest BCUT2D eigenvalue weighted by Crippen LogP contribution is 2.22. The number of rotatable bonds is 7. The molecule has 2 rings (SSSR count). The van der Waals surface area contributed by atoms with Crippen LogP contribution in [0.2, 0.25) is 0 Å². The first-order valence-corrected chi connectivity index (χ1v) is 8.73. The molecule has 6 heteroatoms. The summed E-state index contributed by atoms with van der Waals surface area (Å²) in [6, 6.07) is 9.79. The summed E-state index contributed by atoms with van der Waals surface area (Å²) in [6.07, 6.45) is 1.80. The van der Waals surface area contributed by atoms with Gasteiger partial charge < -0.3 is 9.73 Å². The van der Waals surface area contributed by atoms with E-state index in [2.05, 4.69) is 5.32 Å². The van der Waals surface area contributed by atoms with Gasteiger partial charge in [-0.05, 0) is 49.4 Å². The Kier molecular flexibility index (Phi) is 5.14. The second-order valence-corrected chi connectivity index (χ2v) is 7.19. The largest absolute Gasteiger partial charge is 0.460 e. The van der Waals surface area contributed by atoms with Crippen LogP contribution in [0.1, 0.15) is 12.2 Å². The van der Waals surface area contributed by atoms with Gasteiger partial charge in [0, 0.05) is 11.8 Å². The Morgan fingerprint density at radius 1 is 1.14 bits per heavy atom. The molecule has 0 aliphatic heterocycles. The van der Waals surface area contributed by atoms with Gasteiger partial charge in [0.1, 0.15) is 27.2 Å². The minimum Gasteiger partial charge on any atom is -0.460 e. The maximum absolute atomic E-state index is 12.8. The molecule has 0 spiro atoms. The molecule has 114 valence electrons.